The molecule has 0 radical (unpaired) electrons. The highest BCUT2D eigenvalue weighted by Crippen LogP contribution is 2.37. The molecule has 1 amide bonds. The highest BCUT2D eigenvalue weighted by Gasteiger charge is 2.39. The molecule has 0 bridgehead atoms. The van der Waals surface area contributed by atoms with E-state index in [1.165, 1.54) is 11.1 Å². The summed E-state index contributed by atoms with van der Waals surface area (Å²) in [4.78, 5) is 14.3. The molecule has 114 valence electrons. The van der Waals surface area contributed by atoms with Crippen molar-refractivity contribution in [3.05, 3.63) is 47.2 Å². The van der Waals surface area contributed by atoms with Gasteiger partial charge in [-0.2, -0.15) is 0 Å². The molecule has 1 aliphatic heterocycles. The number of likely N-dealkylation sites (tertiary alicyclic amines) is 1. The van der Waals surface area contributed by atoms with Crippen LogP contribution in [0, 0.1) is 6.92 Å². The topological polar surface area (TPSA) is 68.5 Å². The minimum atomic E-state index is 0.0377. The number of aromatic nitrogens is 2. The average Bonchev–Trinajstić information content (AvgIpc) is 2.84. The minimum absolute atomic E-state index is 0.0377. The van der Waals surface area contributed by atoms with Crippen LogP contribution < -0.4 is 0 Å². The lowest BCUT2D eigenvalue weighted by atomic mass is 9.76. The number of nitrogens with zero attached hydrogens (tertiary/aromatic N) is 3. The van der Waals surface area contributed by atoms with E-state index in [2.05, 4.69) is 16.3 Å². The number of carbonyl (C=O) groups excluding carboxylic acids is 1. The van der Waals surface area contributed by atoms with Crippen LogP contribution in [0.25, 0.3) is 0 Å². The number of fused-ring (bicyclic) bond motifs is 1. The zero-order valence-electron chi connectivity index (χ0n) is 12.4. The SMILES string of the molecule is Cc1nnc(COC2CN(C(=O)C3Cc4ccccc43)C2)o1. The van der Waals surface area contributed by atoms with Crippen molar-refractivity contribution in [1.82, 2.24) is 15.1 Å². The van der Waals surface area contributed by atoms with E-state index in [9.17, 15) is 4.79 Å². The highest BCUT2D eigenvalue weighted by molar-refractivity contribution is 5.87. The molecule has 1 atom stereocenters. The van der Waals surface area contributed by atoms with Crippen molar-refractivity contribution in [2.45, 2.75) is 32.0 Å². The number of rotatable bonds is 4. The van der Waals surface area contributed by atoms with E-state index in [0.29, 0.717) is 31.5 Å². The molecule has 1 saturated heterocycles. The van der Waals surface area contributed by atoms with Gasteiger partial charge in [-0.1, -0.05) is 24.3 Å². The van der Waals surface area contributed by atoms with Crippen LogP contribution in [0.3, 0.4) is 0 Å². The van der Waals surface area contributed by atoms with E-state index in [1.54, 1.807) is 6.92 Å². The number of ether oxygens (including phenoxy) is 1. The van der Waals surface area contributed by atoms with Gasteiger partial charge in [-0.15, -0.1) is 10.2 Å². The quantitative estimate of drug-likeness (QED) is 0.854. The minimum Gasteiger partial charge on any atom is -0.423 e. The van der Waals surface area contributed by atoms with Crippen LogP contribution in [0.4, 0.5) is 0 Å². The summed E-state index contributed by atoms with van der Waals surface area (Å²) in [7, 11) is 0. The largest absolute Gasteiger partial charge is 0.423 e. The van der Waals surface area contributed by atoms with E-state index in [1.807, 2.05) is 23.1 Å². The van der Waals surface area contributed by atoms with Gasteiger partial charge in [0.05, 0.1) is 12.0 Å². The second-order valence-corrected chi connectivity index (χ2v) is 5.85. The molecule has 6 nitrogen and oxygen atoms in total. The van der Waals surface area contributed by atoms with E-state index >= 15 is 0 Å². The second-order valence-electron chi connectivity index (χ2n) is 5.85. The first kappa shape index (κ1) is 13.5. The second kappa shape index (κ2) is 5.21. The Morgan fingerprint density at radius 3 is 2.91 bits per heavy atom. The van der Waals surface area contributed by atoms with Crippen molar-refractivity contribution in [2.24, 2.45) is 0 Å². The lowest BCUT2D eigenvalue weighted by molar-refractivity contribution is -0.148. The van der Waals surface area contributed by atoms with Crippen molar-refractivity contribution in [1.29, 1.82) is 0 Å². The molecule has 1 aliphatic carbocycles. The number of hydrogen-bond acceptors (Lipinski definition) is 5. The fourth-order valence-corrected chi connectivity index (χ4v) is 3.01. The van der Waals surface area contributed by atoms with Crippen LogP contribution in [-0.2, 0) is 22.6 Å². The third kappa shape index (κ3) is 2.29. The summed E-state index contributed by atoms with van der Waals surface area (Å²) in [5, 5.41) is 7.64. The Labute approximate surface area is 128 Å². The van der Waals surface area contributed by atoms with E-state index in [-0.39, 0.29) is 17.9 Å². The van der Waals surface area contributed by atoms with E-state index in [4.69, 9.17) is 9.15 Å². The van der Waals surface area contributed by atoms with Gasteiger partial charge in [-0.3, -0.25) is 4.79 Å². The maximum atomic E-state index is 12.4. The smallest absolute Gasteiger partial charge is 0.242 e. The summed E-state index contributed by atoms with van der Waals surface area (Å²) >= 11 is 0. The lowest BCUT2D eigenvalue weighted by Gasteiger charge is -2.42. The van der Waals surface area contributed by atoms with Crippen molar-refractivity contribution in [2.75, 3.05) is 13.1 Å². The standard InChI is InChI=1S/C16H17N3O3/c1-10-17-18-15(22-10)9-21-12-7-19(8-12)16(20)14-6-11-4-2-3-5-13(11)14/h2-5,12,14H,6-9H2,1H3. The summed E-state index contributed by atoms with van der Waals surface area (Å²) in [6.45, 7) is 3.34. The first-order valence-corrected chi connectivity index (χ1v) is 7.48. The molecule has 6 heteroatoms. The molecule has 1 unspecified atom stereocenters. The van der Waals surface area contributed by atoms with Gasteiger partial charge in [0.15, 0.2) is 0 Å². The van der Waals surface area contributed by atoms with Gasteiger partial charge in [-0.05, 0) is 17.5 Å². The molecule has 1 fully saturated rings. The van der Waals surface area contributed by atoms with Crippen molar-refractivity contribution >= 4 is 5.91 Å². The van der Waals surface area contributed by atoms with Gasteiger partial charge in [0.25, 0.3) is 0 Å². The summed E-state index contributed by atoms with van der Waals surface area (Å²) in [5.41, 5.74) is 2.47. The predicted molar refractivity (Wildman–Crippen MR) is 77.1 cm³/mol. The number of aryl methyl sites for hydroxylation is 1. The number of carbonyl (C=O) groups is 1. The zero-order chi connectivity index (χ0) is 15.1. The number of benzene rings is 1. The Morgan fingerprint density at radius 1 is 1.36 bits per heavy atom. The third-order valence-corrected chi connectivity index (χ3v) is 4.32. The fraction of sp³-hybridized carbons (Fsp3) is 0.438. The van der Waals surface area contributed by atoms with Gasteiger partial charge < -0.3 is 14.1 Å². The molecular weight excluding hydrogens is 282 g/mol. The van der Waals surface area contributed by atoms with Gasteiger partial charge in [0.2, 0.25) is 17.7 Å². The number of hydrogen-bond donors (Lipinski definition) is 0. The molecule has 2 aromatic rings. The monoisotopic (exact) mass is 299 g/mol. The van der Waals surface area contributed by atoms with Crippen LogP contribution in [0.2, 0.25) is 0 Å². The van der Waals surface area contributed by atoms with E-state index < -0.39 is 0 Å². The third-order valence-electron chi connectivity index (χ3n) is 4.32. The summed E-state index contributed by atoms with van der Waals surface area (Å²) in [5.74, 6) is 1.27. The van der Waals surface area contributed by atoms with E-state index in [0.717, 1.165) is 6.42 Å². The van der Waals surface area contributed by atoms with Gasteiger partial charge >= 0.3 is 0 Å². The Bertz CT molecular complexity index is 706. The van der Waals surface area contributed by atoms with Crippen molar-refractivity contribution in [3.8, 4) is 0 Å². The van der Waals surface area contributed by atoms with Crippen molar-refractivity contribution in [3.63, 3.8) is 0 Å². The Morgan fingerprint density at radius 2 is 2.18 bits per heavy atom. The van der Waals surface area contributed by atoms with Crippen LogP contribution >= 0.6 is 0 Å². The summed E-state index contributed by atoms with van der Waals surface area (Å²) < 4.78 is 10.9. The Kier molecular flexibility index (Phi) is 3.18. The highest BCUT2D eigenvalue weighted by atomic mass is 16.5. The number of amides is 1. The van der Waals surface area contributed by atoms with Crippen LogP contribution in [0.1, 0.15) is 28.8 Å². The Hall–Kier alpha value is -2.21. The molecule has 2 heterocycles. The molecule has 22 heavy (non-hydrogen) atoms. The maximum Gasteiger partial charge on any atom is 0.242 e. The first-order chi connectivity index (χ1) is 10.7. The van der Waals surface area contributed by atoms with Crippen LogP contribution in [-0.4, -0.2) is 40.2 Å². The molecular formula is C16H17N3O3. The lowest BCUT2D eigenvalue weighted by Crippen LogP contribution is -2.56. The Balaban J connectivity index is 1.26. The van der Waals surface area contributed by atoms with Gasteiger partial charge in [0, 0.05) is 20.0 Å². The normalized spacial score (nSPS) is 20.2. The van der Waals surface area contributed by atoms with Crippen molar-refractivity contribution < 1.29 is 13.9 Å². The summed E-state index contributed by atoms with van der Waals surface area (Å²) in [6, 6.07) is 8.15. The van der Waals surface area contributed by atoms with Gasteiger partial charge in [0.1, 0.15) is 6.61 Å². The zero-order valence-corrected chi connectivity index (χ0v) is 12.4. The molecule has 2 aliphatic rings. The molecule has 0 spiro atoms. The first-order valence-electron chi connectivity index (χ1n) is 7.48. The van der Waals surface area contributed by atoms with Crippen LogP contribution in [0.15, 0.2) is 28.7 Å². The van der Waals surface area contributed by atoms with Gasteiger partial charge in [-0.25, -0.2) is 0 Å². The summed E-state index contributed by atoms with van der Waals surface area (Å²) in [6.07, 6.45) is 0.921. The fourth-order valence-electron chi connectivity index (χ4n) is 3.01. The van der Waals surface area contributed by atoms with Crippen LogP contribution in [0.5, 0.6) is 0 Å². The molecule has 1 aromatic carbocycles. The molecule has 0 saturated carbocycles. The predicted octanol–water partition coefficient (Wildman–Crippen LogP) is 1.45. The maximum absolute atomic E-state index is 12.4. The average molecular weight is 299 g/mol. The molecule has 1 aromatic heterocycles. The molecule has 0 N–H and O–H groups in total. The molecule has 4 rings (SSSR count).